The average Bonchev–Trinajstić information content (AvgIpc) is 3.33. The lowest BCUT2D eigenvalue weighted by molar-refractivity contribution is -0.157. The molecule has 0 aromatic carbocycles. The predicted molar refractivity (Wildman–Crippen MR) is 99.4 cm³/mol. The molecule has 140 valence electrons. The molecule has 5 aliphatic carbocycles. The summed E-state index contributed by atoms with van der Waals surface area (Å²) in [6, 6.07) is -0.506. The number of carbonyl (C=O) groups is 2. The van der Waals surface area contributed by atoms with E-state index >= 15 is 0 Å². The number of fused-ring (bicyclic) bond motifs is 7. The van der Waals surface area contributed by atoms with Gasteiger partial charge >= 0.3 is 0 Å². The Morgan fingerprint density at radius 2 is 2.15 bits per heavy atom. The lowest BCUT2D eigenvalue weighted by Crippen LogP contribution is -2.56. The third-order valence-corrected chi connectivity index (χ3v) is 8.52. The normalized spacial score (nSPS) is 63.0. The number of carbonyl (C=O) groups excluding carboxylic acids is 2. The zero-order valence-corrected chi connectivity index (χ0v) is 15.3. The molecule has 0 radical (unpaired) electrons. The second-order valence-electron chi connectivity index (χ2n) is 8.97. The maximum Gasteiger partial charge on any atom is 0.161 e. The Hall–Kier alpha value is -0.930. The summed E-state index contributed by atoms with van der Waals surface area (Å²) in [7, 11) is 0. The lowest BCUT2D eigenvalue weighted by Gasteiger charge is -2.57. The molecular formula is C22H27ClO3. The monoisotopic (exact) mass is 384 g/mol. The van der Waals surface area contributed by atoms with E-state index in [1.54, 1.807) is 13.0 Å². The molecule has 0 heterocycles. The molecule has 5 aliphatic rings. The quantitative estimate of drug-likeness (QED) is 0.694. The van der Waals surface area contributed by atoms with Gasteiger partial charge in [-0.2, -0.15) is 0 Å². The number of allylic oxidation sites excluding steroid dienone is 4. The molecule has 0 aromatic rings. The Bertz CT molecular complexity index is 1080. The maximum absolute atomic E-state index is 12.9. The summed E-state index contributed by atoms with van der Waals surface area (Å²) >= 11 is 6.64. The van der Waals surface area contributed by atoms with Gasteiger partial charge < -0.3 is 5.11 Å². The van der Waals surface area contributed by atoms with Crippen molar-refractivity contribution in [2.24, 2.45) is 40.4 Å². The van der Waals surface area contributed by atoms with Crippen LogP contribution in [0.2, 0.25) is 0 Å². The summed E-state index contributed by atoms with van der Waals surface area (Å²) < 4.78 is 65.7. The van der Waals surface area contributed by atoms with E-state index < -0.39 is 77.3 Å². The van der Waals surface area contributed by atoms with Crippen molar-refractivity contribution in [2.75, 3.05) is 0 Å². The van der Waals surface area contributed by atoms with Gasteiger partial charge in [-0.3, -0.25) is 9.59 Å². The van der Waals surface area contributed by atoms with E-state index in [1.165, 1.54) is 0 Å². The van der Waals surface area contributed by atoms with Crippen LogP contribution in [0.3, 0.4) is 0 Å². The smallest absolute Gasteiger partial charge is 0.161 e. The van der Waals surface area contributed by atoms with Crippen LogP contribution >= 0.6 is 11.6 Å². The first-order valence-corrected chi connectivity index (χ1v) is 9.68. The molecule has 3 fully saturated rings. The molecule has 0 bridgehead atoms. The predicted octanol–water partition coefficient (Wildman–Crippen LogP) is 4.04. The second-order valence-corrected chi connectivity index (χ2v) is 9.38. The fourth-order valence-electron chi connectivity index (χ4n) is 6.62. The SMILES string of the molecule is [2H]C1=C2C(Cl)=C[C@@H]3[C@H](CC[C@@]4(C)[C@H]3CC[C@]4(O)[13C](=O)[13C]([2H])([2H])[2H])[C@]2(C([2H])([2H])[2H])[C@H]2C[C@@]2([2H])C1=O. The molecule has 3 saturated carbocycles. The van der Waals surface area contributed by atoms with Gasteiger partial charge in [0.15, 0.2) is 11.6 Å². The fraction of sp³-hybridized carbons (Fsp3) is 0.727. The molecular weight excluding hydrogens is 350 g/mol. The standard InChI is InChI=1S/C22H27ClO3/c1-11(24)22(26)7-5-14-12-9-18(23)17-10-19(25)13-8-16(13)21(17,3)15(12)4-6-20(14,22)2/h9-10,12-16,26H,4-8H2,1-3H3/t12-,13+,14-,15-,16-,20-,21+,22-/m0/s1/i1+1D3,3D3,10D,11+1,13D. The number of halogens is 1. The third-order valence-electron chi connectivity index (χ3n) is 8.20. The molecule has 26 heavy (non-hydrogen) atoms. The summed E-state index contributed by atoms with van der Waals surface area (Å²) in [5.41, 5.74) is -4.81. The van der Waals surface area contributed by atoms with Gasteiger partial charge in [0, 0.05) is 31.4 Å². The summed E-state index contributed by atoms with van der Waals surface area (Å²) in [6.45, 7) is -3.91. The number of aliphatic hydroxyl groups is 1. The van der Waals surface area contributed by atoms with Gasteiger partial charge in [0.2, 0.25) is 0 Å². The van der Waals surface area contributed by atoms with Crippen LogP contribution in [-0.2, 0) is 9.59 Å². The van der Waals surface area contributed by atoms with E-state index in [1.807, 2.05) is 0 Å². The lowest BCUT2D eigenvalue weighted by atomic mass is 9.48. The molecule has 0 amide bonds. The highest BCUT2D eigenvalue weighted by Gasteiger charge is 2.69. The highest BCUT2D eigenvalue weighted by Crippen LogP contribution is 2.72. The topological polar surface area (TPSA) is 54.4 Å². The largest absolute Gasteiger partial charge is 0.382 e. The summed E-state index contributed by atoms with van der Waals surface area (Å²) in [4.78, 5) is 25.6. The Kier molecular flexibility index (Phi) is 2.00. The molecule has 1 N–H and O–H groups in total. The van der Waals surface area contributed by atoms with Crippen molar-refractivity contribution in [1.82, 2.24) is 0 Å². The molecule has 0 unspecified atom stereocenters. The van der Waals surface area contributed by atoms with Gasteiger partial charge in [-0.05, 0) is 74.3 Å². The summed E-state index contributed by atoms with van der Waals surface area (Å²) in [5.74, 6) is -5.83. The molecule has 0 spiro atoms. The van der Waals surface area contributed by atoms with Gasteiger partial charge in [0.1, 0.15) is 5.60 Å². The van der Waals surface area contributed by atoms with Gasteiger partial charge in [0.05, 0.1) is 1.37 Å². The average molecular weight is 385 g/mol. The van der Waals surface area contributed by atoms with Crippen molar-refractivity contribution < 1.29 is 25.7 Å². The van der Waals surface area contributed by atoms with Crippen molar-refractivity contribution in [3.05, 3.63) is 22.7 Å². The molecule has 0 saturated heterocycles. The van der Waals surface area contributed by atoms with Crippen LogP contribution < -0.4 is 0 Å². The zero-order chi connectivity index (χ0) is 25.4. The van der Waals surface area contributed by atoms with Crippen LogP contribution in [0.25, 0.3) is 0 Å². The van der Waals surface area contributed by atoms with Crippen LogP contribution in [0.5, 0.6) is 0 Å². The van der Waals surface area contributed by atoms with E-state index in [0.717, 1.165) is 0 Å². The Labute approximate surface area is 171 Å². The van der Waals surface area contributed by atoms with Crippen LogP contribution in [0.1, 0.15) is 63.7 Å². The first kappa shape index (κ1) is 10.6. The van der Waals surface area contributed by atoms with Gasteiger partial charge in [0.25, 0.3) is 0 Å². The van der Waals surface area contributed by atoms with Crippen molar-refractivity contribution in [3.8, 4) is 0 Å². The Balaban J connectivity index is 1.69. The van der Waals surface area contributed by atoms with Crippen molar-refractivity contribution >= 4 is 23.2 Å². The Morgan fingerprint density at radius 3 is 2.88 bits per heavy atom. The zero-order valence-electron chi connectivity index (χ0n) is 22.6. The number of rotatable bonds is 1. The van der Waals surface area contributed by atoms with E-state index in [2.05, 4.69) is 0 Å². The van der Waals surface area contributed by atoms with Crippen LogP contribution in [0, 0.1) is 40.4 Å². The van der Waals surface area contributed by atoms with E-state index in [0.29, 0.717) is 6.42 Å². The molecule has 5 rings (SSSR count). The fourth-order valence-corrected chi connectivity index (χ4v) is 6.97. The van der Waals surface area contributed by atoms with E-state index in [9.17, 15) is 14.7 Å². The highest BCUT2D eigenvalue weighted by molar-refractivity contribution is 6.32. The summed E-state index contributed by atoms with van der Waals surface area (Å²) in [5, 5.41) is 11.5. The van der Waals surface area contributed by atoms with E-state index in [-0.39, 0.29) is 36.3 Å². The number of ketones is 2. The van der Waals surface area contributed by atoms with Crippen molar-refractivity contribution in [2.45, 2.75) is 58.3 Å². The minimum Gasteiger partial charge on any atom is -0.382 e. The van der Waals surface area contributed by atoms with Gasteiger partial charge in [-0.15, -0.1) is 0 Å². The highest BCUT2D eigenvalue weighted by atomic mass is 35.5. The molecule has 0 aliphatic heterocycles. The number of Topliss-reactive ketones (excluding diaryl/α,β-unsaturated/α-hetero) is 1. The van der Waals surface area contributed by atoms with Crippen LogP contribution in [0.15, 0.2) is 22.7 Å². The molecule has 4 heteroatoms. The minimum absolute atomic E-state index is 0.00113. The number of hydrogen-bond acceptors (Lipinski definition) is 3. The molecule has 8 atom stereocenters. The van der Waals surface area contributed by atoms with Crippen molar-refractivity contribution in [1.29, 1.82) is 0 Å². The van der Waals surface area contributed by atoms with E-state index in [4.69, 9.17) is 22.6 Å². The van der Waals surface area contributed by atoms with Gasteiger partial charge in [-0.1, -0.05) is 31.5 Å². The summed E-state index contributed by atoms with van der Waals surface area (Å²) in [6.07, 6.45) is 2.43. The molecule has 3 nitrogen and oxygen atoms in total. The van der Waals surface area contributed by atoms with Crippen LogP contribution in [-0.4, -0.2) is 22.3 Å². The van der Waals surface area contributed by atoms with Crippen molar-refractivity contribution in [3.63, 3.8) is 0 Å². The first-order chi connectivity index (χ1) is 15.4. The first-order valence-electron chi connectivity index (χ1n) is 13.3. The minimum atomic E-state index is -2.97. The second kappa shape index (κ2) is 4.91. The maximum atomic E-state index is 12.9. The van der Waals surface area contributed by atoms with Crippen LogP contribution in [0.4, 0.5) is 0 Å². The van der Waals surface area contributed by atoms with Gasteiger partial charge in [-0.25, -0.2) is 0 Å². The third kappa shape index (κ3) is 1.75. The number of hydrogen-bond donors (Lipinski definition) is 1. The Morgan fingerprint density at radius 1 is 1.38 bits per heavy atom. The molecule has 0 aromatic heterocycles.